The number of hydrogen-bond acceptors (Lipinski definition) is 4. The number of nitrogens with two attached hydrogens (primary N) is 1. The first-order valence-electron chi connectivity index (χ1n) is 6.10. The van der Waals surface area contributed by atoms with E-state index in [0.717, 1.165) is 0 Å². The van der Waals surface area contributed by atoms with Crippen molar-refractivity contribution in [1.82, 2.24) is 9.78 Å². The summed E-state index contributed by atoms with van der Waals surface area (Å²) in [6.45, 7) is 5.21. The zero-order valence-corrected chi connectivity index (χ0v) is 12.7. The molecule has 0 aliphatic carbocycles. The number of anilines is 2. The second-order valence-corrected chi connectivity index (χ2v) is 6.51. The summed E-state index contributed by atoms with van der Waals surface area (Å²) in [5, 5.41) is 4.12. The van der Waals surface area contributed by atoms with Crippen molar-refractivity contribution in [2.24, 2.45) is 7.05 Å². The number of sulfonamides is 1. The first kappa shape index (κ1) is 14.4. The van der Waals surface area contributed by atoms with Crippen molar-refractivity contribution in [3.63, 3.8) is 0 Å². The van der Waals surface area contributed by atoms with Crippen molar-refractivity contribution >= 4 is 21.4 Å². The predicted molar refractivity (Wildman–Crippen MR) is 79.1 cm³/mol. The van der Waals surface area contributed by atoms with Crippen molar-refractivity contribution in [3.8, 4) is 0 Å². The Morgan fingerprint density at radius 1 is 1.20 bits per heavy atom. The summed E-state index contributed by atoms with van der Waals surface area (Å²) in [7, 11) is -1.92. The Balaban J connectivity index is 2.49. The molecule has 0 unspecified atom stereocenters. The Labute approximate surface area is 118 Å². The van der Waals surface area contributed by atoms with Crippen molar-refractivity contribution in [2.45, 2.75) is 25.7 Å². The molecular weight excluding hydrogens is 276 g/mol. The summed E-state index contributed by atoms with van der Waals surface area (Å²) in [6.07, 6.45) is 1.63. The molecule has 0 fully saturated rings. The minimum atomic E-state index is -3.66. The zero-order chi connectivity index (χ0) is 15.1. The van der Waals surface area contributed by atoms with Crippen molar-refractivity contribution in [3.05, 3.63) is 35.2 Å². The van der Waals surface area contributed by atoms with Crippen LogP contribution in [0.3, 0.4) is 0 Å². The SMILES string of the molecule is Cc1cc(N)cc(C)c1S(=O)(=O)Nc1cn(C)nc1C. The van der Waals surface area contributed by atoms with Crippen LogP contribution in [-0.4, -0.2) is 18.2 Å². The maximum absolute atomic E-state index is 12.5. The fourth-order valence-corrected chi connectivity index (χ4v) is 3.86. The highest BCUT2D eigenvalue weighted by Gasteiger charge is 2.21. The largest absolute Gasteiger partial charge is 0.399 e. The fraction of sp³-hybridized carbons (Fsp3) is 0.308. The van der Waals surface area contributed by atoms with Gasteiger partial charge in [0.25, 0.3) is 10.0 Å². The Kier molecular flexibility index (Phi) is 3.47. The molecule has 2 rings (SSSR count). The van der Waals surface area contributed by atoms with E-state index in [2.05, 4.69) is 9.82 Å². The van der Waals surface area contributed by atoms with Gasteiger partial charge in [0.2, 0.25) is 0 Å². The van der Waals surface area contributed by atoms with Crippen LogP contribution in [0.15, 0.2) is 23.2 Å². The number of nitrogens with one attached hydrogen (secondary N) is 1. The molecule has 3 N–H and O–H groups in total. The van der Waals surface area contributed by atoms with E-state index in [1.54, 1.807) is 50.8 Å². The minimum absolute atomic E-state index is 0.259. The van der Waals surface area contributed by atoms with Gasteiger partial charge in [0, 0.05) is 18.9 Å². The van der Waals surface area contributed by atoms with Gasteiger partial charge in [0.1, 0.15) is 0 Å². The summed E-state index contributed by atoms with van der Waals surface area (Å²) >= 11 is 0. The normalized spacial score (nSPS) is 11.6. The molecule has 0 bridgehead atoms. The average molecular weight is 294 g/mol. The summed E-state index contributed by atoms with van der Waals surface area (Å²) in [4.78, 5) is 0.259. The predicted octanol–water partition coefficient (Wildman–Crippen LogP) is 1.73. The highest BCUT2D eigenvalue weighted by molar-refractivity contribution is 7.92. The Bertz CT molecular complexity index is 740. The molecule has 0 saturated heterocycles. The monoisotopic (exact) mass is 294 g/mol. The molecule has 1 aromatic carbocycles. The van der Waals surface area contributed by atoms with Crippen LogP contribution < -0.4 is 10.5 Å². The molecule has 1 heterocycles. The molecular formula is C13H18N4O2S. The van der Waals surface area contributed by atoms with Gasteiger partial charge in [0.15, 0.2) is 0 Å². The van der Waals surface area contributed by atoms with Crippen molar-refractivity contribution in [2.75, 3.05) is 10.5 Å². The summed E-state index contributed by atoms with van der Waals surface area (Å²) in [6, 6.07) is 3.30. The van der Waals surface area contributed by atoms with Crippen LogP contribution in [-0.2, 0) is 17.1 Å². The van der Waals surface area contributed by atoms with Crippen molar-refractivity contribution in [1.29, 1.82) is 0 Å². The molecule has 0 aliphatic rings. The number of nitrogen functional groups attached to an aromatic ring is 1. The Morgan fingerprint density at radius 3 is 2.20 bits per heavy atom. The van der Waals surface area contributed by atoms with Gasteiger partial charge in [-0.1, -0.05) is 0 Å². The third-order valence-corrected chi connectivity index (χ3v) is 4.68. The maximum atomic E-state index is 12.5. The van der Waals surface area contributed by atoms with Gasteiger partial charge in [-0.3, -0.25) is 9.40 Å². The molecule has 6 nitrogen and oxygen atoms in total. The number of aryl methyl sites for hydroxylation is 4. The van der Waals surface area contributed by atoms with Crippen LogP contribution in [0.25, 0.3) is 0 Å². The summed E-state index contributed by atoms with van der Waals surface area (Å²) in [5.74, 6) is 0. The quantitative estimate of drug-likeness (QED) is 0.844. The van der Waals surface area contributed by atoms with E-state index in [9.17, 15) is 8.42 Å². The third-order valence-electron chi connectivity index (χ3n) is 3.01. The number of nitrogens with zero attached hydrogens (tertiary/aromatic N) is 2. The highest BCUT2D eigenvalue weighted by atomic mass is 32.2. The topological polar surface area (TPSA) is 90.0 Å². The molecule has 0 amide bonds. The van der Waals surface area contributed by atoms with Crippen LogP contribution in [0.5, 0.6) is 0 Å². The number of rotatable bonds is 3. The Hall–Kier alpha value is -2.02. The zero-order valence-electron chi connectivity index (χ0n) is 11.9. The van der Waals surface area contributed by atoms with Gasteiger partial charge >= 0.3 is 0 Å². The molecule has 0 saturated carbocycles. The van der Waals surface area contributed by atoms with E-state index in [0.29, 0.717) is 28.2 Å². The lowest BCUT2D eigenvalue weighted by Gasteiger charge is -2.13. The standard InChI is InChI=1S/C13H18N4O2S/c1-8-5-11(14)6-9(2)13(8)20(18,19)16-12-7-17(4)15-10(12)3/h5-7,16H,14H2,1-4H3. The first-order valence-corrected chi connectivity index (χ1v) is 7.59. The Morgan fingerprint density at radius 2 is 1.75 bits per heavy atom. The van der Waals surface area contributed by atoms with E-state index in [4.69, 9.17) is 5.73 Å². The lowest BCUT2D eigenvalue weighted by molar-refractivity contribution is 0.600. The van der Waals surface area contributed by atoms with Gasteiger partial charge in [-0.25, -0.2) is 8.42 Å². The van der Waals surface area contributed by atoms with Gasteiger partial charge in [-0.15, -0.1) is 0 Å². The van der Waals surface area contributed by atoms with Crippen LogP contribution in [0.1, 0.15) is 16.8 Å². The van der Waals surface area contributed by atoms with Crippen LogP contribution in [0.4, 0.5) is 11.4 Å². The van der Waals surface area contributed by atoms with E-state index in [-0.39, 0.29) is 4.90 Å². The van der Waals surface area contributed by atoms with Crippen LogP contribution in [0, 0.1) is 20.8 Å². The molecule has 0 radical (unpaired) electrons. The van der Waals surface area contributed by atoms with Gasteiger partial charge in [0.05, 0.1) is 16.3 Å². The molecule has 7 heteroatoms. The van der Waals surface area contributed by atoms with Crippen molar-refractivity contribution < 1.29 is 8.42 Å². The van der Waals surface area contributed by atoms with Gasteiger partial charge in [-0.05, 0) is 44.0 Å². The molecule has 20 heavy (non-hydrogen) atoms. The molecule has 0 aliphatic heterocycles. The highest BCUT2D eigenvalue weighted by Crippen LogP contribution is 2.26. The van der Waals surface area contributed by atoms with Crippen LogP contribution >= 0.6 is 0 Å². The first-order chi connectivity index (χ1) is 9.20. The molecule has 0 spiro atoms. The number of benzene rings is 1. The lowest BCUT2D eigenvalue weighted by Crippen LogP contribution is -2.16. The van der Waals surface area contributed by atoms with Gasteiger partial charge < -0.3 is 5.73 Å². The summed E-state index contributed by atoms with van der Waals surface area (Å²) < 4.78 is 29.2. The van der Waals surface area contributed by atoms with E-state index in [1.165, 1.54) is 0 Å². The second kappa shape index (κ2) is 4.82. The smallest absolute Gasteiger partial charge is 0.262 e. The third kappa shape index (κ3) is 2.62. The minimum Gasteiger partial charge on any atom is -0.399 e. The maximum Gasteiger partial charge on any atom is 0.262 e. The molecule has 108 valence electrons. The fourth-order valence-electron chi connectivity index (χ4n) is 2.30. The van der Waals surface area contributed by atoms with E-state index < -0.39 is 10.0 Å². The van der Waals surface area contributed by atoms with E-state index in [1.807, 2.05) is 0 Å². The number of hydrogen-bond donors (Lipinski definition) is 2. The van der Waals surface area contributed by atoms with Crippen LogP contribution in [0.2, 0.25) is 0 Å². The number of aromatic nitrogens is 2. The average Bonchev–Trinajstić information content (AvgIpc) is 2.53. The molecule has 0 atom stereocenters. The summed E-state index contributed by atoms with van der Waals surface area (Å²) in [5.41, 5.74) is 8.62. The van der Waals surface area contributed by atoms with Gasteiger partial charge in [-0.2, -0.15) is 5.10 Å². The molecule has 2 aromatic rings. The lowest BCUT2D eigenvalue weighted by atomic mass is 10.1. The van der Waals surface area contributed by atoms with E-state index >= 15 is 0 Å². The molecule has 1 aromatic heterocycles. The second-order valence-electron chi connectivity index (χ2n) is 4.89.